The molecular formula is C9H10ClN5O3S. The minimum absolute atomic E-state index is 0.0349. The van der Waals surface area contributed by atoms with Gasteiger partial charge in [0.25, 0.3) is 0 Å². The van der Waals surface area contributed by atoms with Crippen LogP contribution in [0.3, 0.4) is 0 Å². The van der Waals surface area contributed by atoms with Crippen LogP contribution >= 0.6 is 11.6 Å². The molecule has 0 saturated heterocycles. The van der Waals surface area contributed by atoms with E-state index in [2.05, 4.69) is 25.3 Å². The van der Waals surface area contributed by atoms with Gasteiger partial charge >= 0.3 is 0 Å². The van der Waals surface area contributed by atoms with E-state index < -0.39 is 10.0 Å². The Labute approximate surface area is 113 Å². The third kappa shape index (κ3) is 3.07. The molecule has 0 spiro atoms. The van der Waals surface area contributed by atoms with E-state index >= 15 is 0 Å². The molecule has 1 aromatic carbocycles. The van der Waals surface area contributed by atoms with Gasteiger partial charge in [-0.1, -0.05) is 11.6 Å². The van der Waals surface area contributed by atoms with Crippen molar-refractivity contribution in [2.24, 2.45) is 0 Å². The third-order valence-corrected chi connectivity index (χ3v) is 4.17. The molecule has 0 amide bonds. The van der Waals surface area contributed by atoms with Gasteiger partial charge in [0, 0.05) is 12.1 Å². The van der Waals surface area contributed by atoms with Gasteiger partial charge in [-0.25, -0.2) is 13.1 Å². The Kier molecular flexibility index (Phi) is 4.10. The summed E-state index contributed by atoms with van der Waals surface area (Å²) >= 11 is 5.94. The predicted octanol–water partition coefficient (Wildman–Crippen LogP) is -0.209. The van der Waals surface area contributed by atoms with Crippen LogP contribution < -0.4 is 4.72 Å². The van der Waals surface area contributed by atoms with Crippen LogP contribution in [0.4, 0.5) is 0 Å². The SMILES string of the molecule is O=S(=O)(NCCO)c1ccc(-c2nn[nH]n2)cc1Cl. The third-order valence-electron chi connectivity index (χ3n) is 2.23. The average molecular weight is 304 g/mol. The molecule has 0 aliphatic rings. The first-order valence-electron chi connectivity index (χ1n) is 5.18. The van der Waals surface area contributed by atoms with Crippen molar-refractivity contribution >= 4 is 21.6 Å². The molecule has 1 heterocycles. The number of benzene rings is 1. The molecule has 0 radical (unpaired) electrons. The Morgan fingerprint density at radius 3 is 2.79 bits per heavy atom. The molecule has 10 heteroatoms. The fourth-order valence-electron chi connectivity index (χ4n) is 1.40. The number of hydrogen-bond donors (Lipinski definition) is 3. The molecule has 0 bridgehead atoms. The number of H-pyrrole nitrogens is 1. The lowest BCUT2D eigenvalue weighted by Crippen LogP contribution is -2.26. The van der Waals surface area contributed by atoms with Gasteiger partial charge in [-0.3, -0.25) is 0 Å². The van der Waals surface area contributed by atoms with E-state index in [1.165, 1.54) is 18.2 Å². The summed E-state index contributed by atoms with van der Waals surface area (Å²) in [5, 5.41) is 21.9. The zero-order chi connectivity index (χ0) is 13.9. The smallest absolute Gasteiger partial charge is 0.242 e. The first kappa shape index (κ1) is 13.9. The maximum Gasteiger partial charge on any atom is 0.242 e. The minimum atomic E-state index is -3.74. The van der Waals surface area contributed by atoms with Gasteiger partial charge in [-0.05, 0) is 23.4 Å². The molecule has 0 fully saturated rings. The molecule has 0 aliphatic carbocycles. The summed E-state index contributed by atoms with van der Waals surface area (Å²) in [6.45, 7) is -0.372. The van der Waals surface area contributed by atoms with Crippen molar-refractivity contribution in [3.05, 3.63) is 23.2 Å². The van der Waals surface area contributed by atoms with Crippen LogP contribution in [-0.4, -0.2) is 47.3 Å². The van der Waals surface area contributed by atoms with Crippen molar-refractivity contribution < 1.29 is 13.5 Å². The van der Waals surface area contributed by atoms with Crippen LogP contribution in [-0.2, 0) is 10.0 Å². The Hall–Kier alpha value is -1.55. The topological polar surface area (TPSA) is 121 Å². The molecule has 2 aromatic rings. The zero-order valence-electron chi connectivity index (χ0n) is 9.54. The van der Waals surface area contributed by atoms with Gasteiger partial charge in [0.1, 0.15) is 4.90 Å². The molecular weight excluding hydrogens is 294 g/mol. The summed E-state index contributed by atoms with van der Waals surface area (Å²) in [5.74, 6) is 0.314. The fourth-order valence-corrected chi connectivity index (χ4v) is 2.96. The van der Waals surface area contributed by atoms with Crippen molar-refractivity contribution in [1.29, 1.82) is 0 Å². The lowest BCUT2D eigenvalue weighted by molar-refractivity contribution is 0.301. The number of aromatic amines is 1. The molecule has 2 rings (SSSR count). The van der Waals surface area contributed by atoms with Gasteiger partial charge in [0.15, 0.2) is 0 Å². The van der Waals surface area contributed by atoms with Crippen molar-refractivity contribution in [2.75, 3.05) is 13.2 Å². The van der Waals surface area contributed by atoms with E-state index in [4.69, 9.17) is 16.7 Å². The number of nitrogens with one attached hydrogen (secondary N) is 2. The standard InChI is InChI=1S/C9H10ClN5O3S/c10-7-5-6(9-12-14-15-13-9)1-2-8(7)19(17,18)11-3-4-16/h1-2,5,11,16H,3-4H2,(H,12,13,14,15). The molecule has 102 valence electrons. The lowest BCUT2D eigenvalue weighted by Gasteiger charge is -2.07. The molecule has 1 aromatic heterocycles. The maximum absolute atomic E-state index is 11.9. The van der Waals surface area contributed by atoms with Crippen LogP contribution in [0.1, 0.15) is 0 Å². The van der Waals surface area contributed by atoms with Crippen LogP contribution in [0, 0.1) is 0 Å². The monoisotopic (exact) mass is 303 g/mol. The number of tetrazole rings is 1. The van der Waals surface area contributed by atoms with E-state index in [0.29, 0.717) is 11.4 Å². The number of aliphatic hydroxyl groups is 1. The summed E-state index contributed by atoms with van der Waals surface area (Å²) in [6.07, 6.45) is 0. The normalized spacial score (nSPS) is 11.7. The predicted molar refractivity (Wildman–Crippen MR) is 66.9 cm³/mol. The highest BCUT2D eigenvalue weighted by molar-refractivity contribution is 7.89. The molecule has 19 heavy (non-hydrogen) atoms. The Bertz CT molecular complexity index is 658. The van der Waals surface area contributed by atoms with E-state index in [9.17, 15) is 8.42 Å². The molecule has 0 unspecified atom stereocenters. The minimum Gasteiger partial charge on any atom is -0.395 e. The number of sulfonamides is 1. The highest BCUT2D eigenvalue weighted by atomic mass is 35.5. The van der Waals surface area contributed by atoms with Crippen molar-refractivity contribution in [3.63, 3.8) is 0 Å². The Morgan fingerprint density at radius 1 is 1.42 bits per heavy atom. The summed E-state index contributed by atoms with van der Waals surface area (Å²) in [6, 6.07) is 4.29. The molecule has 0 atom stereocenters. The quantitative estimate of drug-likeness (QED) is 0.703. The fraction of sp³-hybridized carbons (Fsp3) is 0.222. The molecule has 0 saturated carbocycles. The second-order valence-electron chi connectivity index (χ2n) is 3.50. The zero-order valence-corrected chi connectivity index (χ0v) is 11.1. The highest BCUT2D eigenvalue weighted by Crippen LogP contribution is 2.26. The van der Waals surface area contributed by atoms with Gasteiger partial charge < -0.3 is 5.11 Å². The van der Waals surface area contributed by atoms with Crippen LogP contribution in [0.2, 0.25) is 5.02 Å². The van der Waals surface area contributed by atoms with Gasteiger partial charge in [0.2, 0.25) is 15.8 Å². The number of hydrogen-bond acceptors (Lipinski definition) is 6. The van der Waals surface area contributed by atoms with E-state index in [-0.39, 0.29) is 23.1 Å². The van der Waals surface area contributed by atoms with Crippen LogP contribution in [0.25, 0.3) is 11.4 Å². The summed E-state index contributed by atoms with van der Waals surface area (Å²) < 4.78 is 25.9. The van der Waals surface area contributed by atoms with Gasteiger partial charge in [0.05, 0.1) is 11.6 Å². The largest absolute Gasteiger partial charge is 0.395 e. The second-order valence-corrected chi connectivity index (χ2v) is 5.64. The Morgan fingerprint density at radius 2 is 2.21 bits per heavy atom. The maximum atomic E-state index is 11.9. The second kappa shape index (κ2) is 5.61. The number of rotatable bonds is 5. The van der Waals surface area contributed by atoms with Crippen LogP contribution in [0.5, 0.6) is 0 Å². The van der Waals surface area contributed by atoms with Crippen molar-refractivity contribution in [2.45, 2.75) is 4.90 Å². The number of aromatic nitrogens is 4. The van der Waals surface area contributed by atoms with Crippen molar-refractivity contribution in [1.82, 2.24) is 25.3 Å². The number of aliphatic hydroxyl groups excluding tert-OH is 1. The van der Waals surface area contributed by atoms with E-state index in [1.54, 1.807) is 0 Å². The molecule has 8 nitrogen and oxygen atoms in total. The highest BCUT2D eigenvalue weighted by Gasteiger charge is 2.18. The van der Waals surface area contributed by atoms with Gasteiger partial charge in [-0.2, -0.15) is 5.21 Å². The summed E-state index contributed by atoms with van der Waals surface area (Å²) in [4.78, 5) is -0.0742. The summed E-state index contributed by atoms with van der Waals surface area (Å²) in [7, 11) is -3.74. The van der Waals surface area contributed by atoms with Crippen LogP contribution in [0.15, 0.2) is 23.1 Å². The van der Waals surface area contributed by atoms with E-state index in [0.717, 1.165) is 0 Å². The number of halogens is 1. The summed E-state index contributed by atoms with van der Waals surface area (Å²) in [5.41, 5.74) is 0.542. The Balaban J connectivity index is 2.35. The molecule has 3 N–H and O–H groups in total. The number of nitrogens with zero attached hydrogens (tertiary/aromatic N) is 3. The van der Waals surface area contributed by atoms with Crippen molar-refractivity contribution in [3.8, 4) is 11.4 Å². The average Bonchev–Trinajstić information content (AvgIpc) is 2.90. The lowest BCUT2D eigenvalue weighted by atomic mass is 10.2. The van der Waals surface area contributed by atoms with E-state index in [1.807, 2.05) is 0 Å². The molecule has 0 aliphatic heterocycles. The van der Waals surface area contributed by atoms with Gasteiger partial charge in [-0.15, -0.1) is 10.2 Å². The first-order valence-corrected chi connectivity index (χ1v) is 7.04. The first-order chi connectivity index (χ1) is 9.04.